The Labute approximate surface area is 214 Å². The lowest BCUT2D eigenvalue weighted by molar-refractivity contribution is -0.139. The number of hydrogen-bond acceptors (Lipinski definition) is 6. The highest BCUT2D eigenvalue weighted by atomic mass is 19.1. The van der Waals surface area contributed by atoms with E-state index in [0.717, 1.165) is 35.1 Å². The fourth-order valence-corrected chi connectivity index (χ4v) is 4.98. The molecule has 0 aliphatic heterocycles. The number of aromatic nitrogens is 2. The summed E-state index contributed by atoms with van der Waals surface area (Å²) in [5.74, 6) is -1.67. The number of carbonyl (C=O) groups is 3. The molecular formula is C28H29FN4O4. The zero-order valence-corrected chi connectivity index (χ0v) is 21.0. The molecule has 0 radical (unpaired) electrons. The first-order chi connectivity index (χ1) is 17.6. The van der Waals surface area contributed by atoms with E-state index in [-0.39, 0.29) is 43.0 Å². The van der Waals surface area contributed by atoms with Crippen molar-refractivity contribution in [2.45, 2.75) is 52.7 Å². The van der Waals surface area contributed by atoms with Crippen molar-refractivity contribution < 1.29 is 23.9 Å². The van der Waals surface area contributed by atoms with Crippen LogP contribution in [0.1, 0.15) is 73.7 Å². The van der Waals surface area contributed by atoms with Gasteiger partial charge in [-0.2, -0.15) is 0 Å². The third kappa shape index (κ3) is 5.89. The lowest BCUT2D eigenvalue weighted by atomic mass is 9.95. The van der Waals surface area contributed by atoms with E-state index in [9.17, 15) is 23.9 Å². The highest BCUT2D eigenvalue weighted by molar-refractivity contribution is 5.96. The molecule has 37 heavy (non-hydrogen) atoms. The molecule has 1 amide bonds. The van der Waals surface area contributed by atoms with Gasteiger partial charge in [0.25, 0.3) is 5.91 Å². The molecule has 8 nitrogen and oxygen atoms in total. The summed E-state index contributed by atoms with van der Waals surface area (Å²) in [7, 11) is 0. The normalized spacial score (nSPS) is 14.5. The molecule has 0 bridgehead atoms. The molecule has 9 heteroatoms. The highest BCUT2D eigenvalue weighted by Crippen LogP contribution is 2.39. The second kappa shape index (κ2) is 11.0. The maximum atomic E-state index is 13.5. The zero-order chi connectivity index (χ0) is 26.7. The minimum Gasteiger partial charge on any atom is -0.480 e. The summed E-state index contributed by atoms with van der Waals surface area (Å²) < 4.78 is 13.5. The van der Waals surface area contributed by atoms with Gasteiger partial charge in [-0.15, -0.1) is 0 Å². The minimum absolute atomic E-state index is 0.00694. The smallest absolute Gasteiger partial charge is 0.317 e. The molecule has 1 aromatic heterocycles. The number of halogens is 1. The zero-order valence-electron chi connectivity index (χ0n) is 21.0. The lowest BCUT2D eigenvalue weighted by Crippen LogP contribution is -2.33. The average molecular weight is 505 g/mol. The number of ketones is 1. The first kappa shape index (κ1) is 26.1. The van der Waals surface area contributed by atoms with E-state index in [4.69, 9.17) is 0 Å². The predicted molar refractivity (Wildman–Crippen MR) is 135 cm³/mol. The molecule has 1 unspecified atom stereocenters. The number of nitrogens with one attached hydrogen (secondary N) is 1. The van der Waals surface area contributed by atoms with Crippen LogP contribution in [0, 0.1) is 19.7 Å². The molecule has 1 heterocycles. The lowest BCUT2D eigenvalue weighted by Gasteiger charge is -2.28. The topological polar surface area (TPSA) is 112 Å². The molecule has 0 saturated heterocycles. The Morgan fingerprint density at radius 3 is 2.62 bits per heavy atom. The van der Waals surface area contributed by atoms with Crippen LogP contribution in [0.2, 0.25) is 0 Å². The number of amides is 1. The Bertz CT molecular complexity index is 1370. The summed E-state index contributed by atoms with van der Waals surface area (Å²) >= 11 is 0. The SMILES string of the molecule is CC(=O)c1ccc2c(c1C)CCC2N(CC(=O)O)Cc1cc(C(=O)NCc2ccc(F)c(C)c2)ncn1. The van der Waals surface area contributed by atoms with Gasteiger partial charge < -0.3 is 10.4 Å². The molecule has 2 N–H and O–H groups in total. The molecule has 0 fully saturated rings. The number of fused-ring (bicyclic) bond motifs is 1. The molecule has 0 saturated carbocycles. The summed E-state index contributed by atoms with van der Waals surface area (Å²) in [6, 6.07) is 9.77. The molecule has 2 aromatic carbocycles. The number of hydrogen-bond donors (Lipinski definition) is 2. The molecule has 1 aliphatic rings. The molecule has 4 rings (SSSR count). The van der Waals surface area contributed by atoms with Crippen molar-refractivity contribution in [1.82, 2.24) is 20.2 Å². The summed E-state index contributed by atoms with van der Waals surface area (Å²) in [4.78, 5) is 46.6. The van der Waals surface area contributed by atoms with Crippen LogP contribution in [0.5, 0.6) is 0 Å². The number of aryl methyl sites for hydroxylation is 1. The van der Waals surface area contributed by atoms with Gasteiger partial charge in [0.05, 0.1) is 12.2 Å². The van der Waals surface area contributed by atoms with E-state index < -0.39 is 11.9 Å². The van der Waals surface area contributed by atoms with Crippen molar-refractivity contribution in [1.29, 1.82) is 0 Å². The van der Waals surface area contributed by atoms with E-state index in [0.29, 0.717) is 16.8 Å². The molecule has 3 aromatic rings. The number of carbonyl (C=O) groups excluding carboxylic acids is 2. The average Bonchev–Trinajstić information content (AvgIpc) is 3.29. The number of benzene rings is 2. The standard InChI is InChI=1S/C28H29FN4O4/c1-16-10-19(4-8-24(16)29)12-30-28(37)25-11-20(31-15-32-25)13-33(14-27(35)36)26-9-7-22-17(2)21(18(3)34)5-6-23(22)26/h4-6,8,10-11,15,26H,7,9,12-14H2,1-3H3,(H,30,37)(H,35,36). The second-order valence-electron chi connectivity index (χ2n) is 9.38. The van der Waals surface area contributed by atoms with Crippen molar-refractivity contribution >= 4 is 17.7 Å². The molecule has 192 valence electrons. The Balaban J connectivity index is 1.51. The fourth-order valence-electron chi connectivity index (χ4n) is 4.98. The third-order valence-electron chi connectivity index (χ3n) is 6.82. The Morgan fingerprint density at radius 1 is 1.14 bits per heavy atom. The van der Waals surface area contributed by atoms with Crippen LogP contribution >= 0.6 is 0 Å². The molecular weight excluding hydrogens is 475 g/mol. The largest absolute Gasteiger partial charge is 0.480 e. The van der Waals surface area contributed by atoms with E-state index in [2.05, 4.69) is 15.3 Å². The van der Waals surface area contributed by atoms with Crippen molar-refractivity contribution in [3.63, 3.8) is 0 Å². The van der Waals surface area contributed by atoms with Gasteiger partial charge in [-0.1, -0.05) is 24.3 Å². The maximum absolute atomic E-state index is 13.5. The number of Topliss-reactive ketones (excluding diaryl/α,β-unsaturated/α-hetero) is 1. The van der Waals surface area contributed by atoms with Crippen LogP contribution in [0.25, 0.3) is 0 Å². The Morgan fingerprint density at radius 2 is 1.92 bits per heavy atom. The van der Waals surface area contributed by atoms with E-state index in [1.54, 1.807) is 32.0 Å². The summed E-state index contributed by atoms with van der Waals surface area (Å²) in [5.41, 5.74) is 5.68. The molecule has 1 atom stereocenters. The molecule has 1 aliphatic carbocycles. The quantitative estimate of drug-likeness (QED) is 0.425. The van der Waals surface area contributed by atoms with Gasteiger partial charge in [-0.25, -0.2) is 14.4 Å². The van der Waals surface area contributed by atoms with Crippen molar-refractivity contribution in [3.05, 3.63) is 93.3 Å². The van der Waals surface area contributed by atoms with Crippen LogP contribution < -0.4 is 5.32 Å². The highest BCUT2D eigenvalue weighted by Gasteiger charge is 2.31. The molecule has 0 spiro atoms. The van der Waals surface area contributed by atoms with Crippen LogP contribution in [-0.2, 0) is 24.3 Å². The van der Waals surface area contributed by atoms with Crippen molar-refractivity contribution in [2.24, 2.45) is 0 Å². The van der Waals surface area contributed by atoms with E-state index in [1.165, 1.54) is 12.4 Å². The first-order valence-corrected chi connectivity index (χ1v) is 12.1. The summed E-state index contributed by atoms with van der Waals surface area (Å²) in [6.07, 6.45) is 2.76. The van der Waals surface area contributed by atoms with Crippen LogP contribution in [0.3, 0.4) is 0 Å². The summed E-state index contributed by atoms with van der Waals surface area (Å²) in [6.45, 7) is 5.36. The van der Waals surface area contributed by atoms with Crippen LogP contribution in [0.4, 0.5) is 4.39 Å². The number of carboxylic acid groups (broad SMARTS) is 1. The predicted octanol–water partition coefficient (Wildman–Crippen LogP) is 3.94. The van der Waals surface area contributed by atoms with Gasteiger partial charge in [-0.3, -0.25) is 19.3 Å². The Hall–Kier alpha value is -3.98. The minimum atomic E-state index is -0.966. The van der Waals surface area contributed by atoms with Crippen molar-refractivity contribution in [3.8, 4) is 0 Å². The van der Waals surface area contributed by atoms with Gasteiger partial charge >= 0.3 is 5.97 Å². The summed E-state index contributed by atoms with van der Waals surface area (Å²) in [5, 5.41) is 12.4. The van der Waals surface area contributed by atoms with Gasteiger partial charge in [0.2, 0.25) is 0 Å². The van der Waals surface area contributed by atoms with Crippen LogP contribution in [-0.4, -0.2) is 44.2 Å². The second-order valence-corrected chi connectivity index (χ2v) is 9.38. The number of aliphatic carboxylic acids is 1. The third-order valence-corrected chi connectivity index (χ3v) is 6.82. The Kier molecular flexibility index (Phi) is 7.73. The fraction of sp³-hybridized carbons (Fsp3) is 0.321. The van der Waals surface area contributed by atoms with Crippen molar-refractivity contribution in [2.75, 3.05) is 6.54 Å². The van der Waals surface area contributed by atoms with Crippen LogP contribution in [0.15, 0.2) is 42.7 Å². The number of nitrogens with zero attached hydrogens (tertiary/aromatic N) is 3. The first-order valence-electron chi connectivity index (χ1n) is 12.1. The maximum Gasteiger partial charge on any atom is 0.317 e. The van der Waals surface area contributed by atoms with Gasteiger partial charge in [0, 0.05) is 24.7 Å². The van der Waals surface area contributed by atoms with E-state index in [1.807, 2.05) is 24.0 Å². The monoisotopic (exact) mass is 504 g/mol. The van der Waals surface area contributed by atoms with Gasteiger partial charge in [0.15, 0.2) is 5.78 Å². The number of rotatable bonds is 9. The van der Waals surface area contributed by atoms with E-state index >= 15 is 0 Å². The van der Waals surface area contributed by atoms with Gasteiger partial charge in [0.1, 0.15) is 17.8 Å². The number of carboxylic acids is 1. The van der Waals surface area contributed by atoms with Gasteiger partial charge in [-0.05, 0) is 73.6 Å².